The zero-order valence-electron chi connectivity index (χ0n) is 6.07. The molecule has 0 bridgehead atoms. The van der Waals surface area contributed by atoms with Crippen molar-refractivity contribution < 1.29 is 4.79 Å². The second-order valence-electron chi connectivity index (χ2n) is 2.47. The third kappa shape index (κ3) is 1.08. The van der Waals surface area contributed by atoms with Gasteiger partial charge in [-0.15, -0.1) is 10.2 Å². The molecule has 0 spiro atoms. The summed E-state index contributed by atoms with van der Waals surface area (Å²) in [6, 6.07) is 0. The molecule has 1 aliphatic heterocycles. The number of fused-ring (bicyclic) bond motifs is 1. The Balaban J connectivity index is 2.41. The lowest BCUT2D eigenvalue weighted by atomic mass is 10.0. The van der Waals surface area contributed by atoms with Crippen LogP contribution in [0.4, 0.5) is 0 Å². The smallest absolute Gasteiger partial charge is 0.171 e. The number of carbonyl (C=O) groups is 1. The molecule has 0 saturated carbocycles. The SMILES string of the molecule is O=CC1=NN=C2C=C[C@H](Br)C=C12. The van der Waals surface area contributed by atoms with Gasteiger partial charge in [-0.25, -0.2) is 0 Å². The third-order valence-corrected chi connectivity index (χ3v) is 2.26. The third-order valence-electron chi connectivity index (χ3n) is 1.69. The fourth-order valence-corrected chi connectivity index (χ4v) is 1.54. The number of aldehydes is 1. The summed E-state index contributed by atoms with van der Waals surface area (Å²) in [6.45, 7) is 0. The Labute approximate surface area is 77.7 Å². The maximum absolute atomic E-state index is 10.5. The monoisotopic (exact) mass is 224 g/mol. The molecule has 0 saturated heterocycles. The molecule has 0 amide bonds. The predicted octanol–water partition coefficient (Wildman–Crippen LogP) is 1.26. The minimum atomic E-state index is 0.176. The van der Waals surface area contributed by atoms with Crippen LogP contribution in [-0.2, 0) is 4.79 Å². The van der Waals surface area contributed by atoms with E-state index in [1.54, 1.807) is 0 Å². The van der Waals surface area contributed by atoms with Crippen LogP contribution in [-0.4, -0.2) is 22.5 Å². The lowest BCUT2D eigenvalue weighted by Crippen LogP contribution is -2.12. The molecular formula is C8H5BrN2O. The molecule has 3 nitrogen and oxygen atoms in total. The maximum Gasteiger partial charge on any atom is 0.171 e. The van der Waals surface area contributed by atoms with Gasteiger partial charge in [0.25, 0.3) is 0 Å². The van der Waals surface area contributed by atoms with Gasteiger partial charge in [-0.2, -0.15) is 0 Å². The number of hydrogen-bond acceptors (Lipinski definition) is 3. The van der Waals surface area contributed by atoms with Crippen molar-refractivity contribution in [3.8, 4) is 0 Å². The molecule has 1 atom stereocenters. The largest absolute Gasteiger partial charge is 0.296 e. The highest BCUT2D eigenvalue weighted by molar-refractivity contribution is 9.09. The number of carbonyl (C=O) groups excluding carboxylic acids is 1. The zero-order chi connectivity index (χ0) is 8.55. The lowest BCUT2D eigenvalue weighted by molar-refractivity contribution is -0.102. The van der Waals surface area contributed by atoms with Crippen molar-refractivity contribution in [1.82, 2.24) is 0 Å². The minimum Gasteiger partial charge on any atom is -0.296 e. The van der Waals surface area contributed by atoms with Gasteiger partial charge in [-0.1, -0.05) is 28.1 Å². The molecule has 0 aromatic rings. The summed E-state index contributed by atoms with van der Waals surface area (Å²) in [6.07, 6.45) is 6.45. The van der Waals surface area contributed by atoms with Crippen LogP contribution >= 0.6 is 15.9 Å². The molecular weight excluding hydrogens is 220 g/mol. The van der Waals surface area contributed by atoms with Gasteiger partial charge in [0.1, 0.15) is 5.71 Å². The quantitative estimate of drug-likeness (QED) is 0.489. The molecule has 0 aromatic carbocycles. The lowest BCUT2D eigenvalue weighted by Gasteiger charge is -2.06. The average molecular weight is 225 g/mol. The first-order valence-corrected chi connectivity index (χ1v) is 4.38. The standard InChI is InChI=1S/C8H5BrN2O/c9-5-1-2-7-6(3-5)8(4-12)11-10-7/h1-5H/t5-/m0/s1. The molecule has 2 aliphatic rings. The molecule has 60 valence electrons. The van der Waals surface area contributed by atoms with Gasteiger partial charge in [0, 0.05) is 5.57 Å². The van der Waals surface area contributed by atoms with E-state index in [1.165, 1.54) is 0 Å². The normalized spacial score (nSPS) is 25.8. The van der Waals surface area contributed by atoms with Gasteiger partial charge in [0.05, 0.1) is 10.5 Å². The van der Waals surface area contributed by atoms with Gasteiger partial charge in [0.2, 0.25) is 0 Å². The van der Waals surface area contributed by atoms with Crippen molar-refractivity contribution in [3.63, 3.8) is 0 Å². The summed E-state index contributed by atoms with van der Waals surface area (Å²) in [7, 11) is 0. The summed E-state index contributed by atoms with van der Waals surface area (Å²) in [5.41, 5.74) is 2.01. The van der Waals surface area contributed by atoms with E-state index in [4.69, 9.17) is 0 Å². The fourth-order valence-electron chi connectivity index (χ4n) is 1.13. The van der Waals surface area contributed by atoms with Crippen molar-refractivity contribution in [2.45, 2.75) is 4.83 Å². The summed E-state index contributed by atoms with van der Waals surface area (Å²) < 4.78 is 0. The summed E-state index contributed by atoms with van der Waals surface area (Å²) in [5.74, 6) is 0. The van der Waals surface area contributed by atoms with Crippen molar-refractivity contribution in [2.24, 2.45) is 10.2 Å². The predicted molar refractivity (Wildman–Crippen MR) is 50.9 cm³/mol. The number of halogens is 1. The second kappa shape index (κ2) is 2.79. The van der Waals surface area contributed by atoms with E-state index in [-0.39, 0.29) is 4.83 Å². The van der Waals surface area contributed by atoms with Crippen LogP contribution in [0.15, 0.2) is 34.0 Å². The van der Waals surface area contributed by atoms with Gasteiger partial charge in [0.15, 0.2) is 6.29 Å². The van der Waals surface area contributed by atoms with Crippen LogP contribution < -0.4 is 0 Å². The van der Waals surface area contributed by atoms with Crippen molar-refractivity contribution in [2.75, 3.05) is 0 Å². The minimum absolute atomic E-state index is 0.176. The molecule has 2 rings (SSSR count). The van der Waals surface area contributed by atoms with Crippen molar-refractivity contribution in [3.05, 3.63) is 23.8 Å². The number of nitrogens with zero attached hydrogens (tertiary/aromatic N) is 2. The zero-order valence-corrected chi connectivity index (χ0v) is 7.65. The van der Waals surface area contributed by atoms with Gasteiger partial charge in [-0.3, -0.25) is 4.79 Å². The highest BCUT2D eigenvalue weighted by Crippen LogP contribution is 2.19. The topological polar surface area (TPSA) is 41.8 Å². The number of rotatable bonds is 1. The Morgan fingerprint density at radius 1 is 1.50 bits per heavy atom. The molecule has 0 radical (unpaired) electrons. The van der Waals surface area contributed by atoms with Gasteiger partial charge in [-0.05, 0) is 6.08 Å². The molecule has 1 aliphatic carbocycles. The fraction of sp³-hybridized carbons (Fsp3) is 0.125. The molecule has 1 heterocycles. The average Bonchev–Trinajstić information content (AvgIpc) is 2.46. The van der Waals surface area contributed by atoms with Gasteiger partial charge < -0.3 is 0 Å². The number of allylic oxidation sites excluding steroid dienone is 4. The molecule has 4 heteroatoms. The van der Waals surface area contributed by atoms with E-state index >= 15 is 0 Å². The van der Waals surface area contributed by atoms with E-state index in [9.17, 15) is 4.79 Å². The maximum atomic E-state index is 10.5. The van der Waals surface area contributed by atoms with Crippen molar-refractivity contribution >= 4 is 33.6 Å². The van der Waals surface area contributed by atoms with Crippen LogP contribution in [0.1, 0.15) is 0 Å². The van der Waals surface area contributed by atoms with E-state index in [0.29, 0.717) is 5.71 Å². The number of hydrogen-bond donors (Lipinski definition) is 0. The Bertz CT molecular complexity index is 338. The highest BCUT2D eigenvalue weighted by atomic mass is 79.9. The van der Waals surface area contributed by atoms with Crippen LogP contribution in [0.5, 0.6) is 0 Å². The van der Waals surface area contributed by atoms with Crippen LogP contribution in [0.25, 0.3) is 0 Å². The highest BCUT2D eigenvalue weighted by Gasteiger charge is 2.20. The van der Waals surface area contributed by atoms with E-state index < -0.39 is 0 Å². The molecule has 0 aromatic heterocycles. The second-order valence-corrected chi connectivity index (χ2v) is 3.53. The van der Waals surface area contributed by atoms with Crippen LogP contribution in [0, 0.1) is 0 Å². The molecule has 0 fully saturated rings. The van der Waals surface area contributed by atoms with E-state index in [0.717, 1.165) is 17.6 Å². The van der Waals surface area contributed by atoms with Crippen molar-refractivity contribution in [1.29, 1.82) is 0 Å². The molecule has 0 N–H and O–H groups in total. The summed E-state index contributed by atoms with van der Waals surface area (Å²) >= 11 is 3.39. The first kappa shape index (κ1) is 7.61. The van der Waals surface area contributed by atoms with E-state index in [1.807, 2.05) is 18.2 Å². The number of alkyl halides is 1. The first-order chi connectivity index (χ1) is 5.81. The first-order valence-electron chi connectivity index (χ1n) is 3.47. The summed E-state index contributed by atoms with van der Waals surface area (Å²) in [4.78, 5) is 10.7. The van der Waals surface area contributed by atoms with Crippen LogP contribution in [0.3, 0.4) is 0 Å². The molecule has 12 heavy (non-hydrogen) atoms. The Hall–Kier alpha value is -1.03. The van der Waals surface area contributed by atoms with Gasteiger partial charge >= 0.3 is 0 Å². The summed E-state index contributed by atoms with van der Waals surface area (Å²) in [5, 5.41) is 7.57. The molecule has 0 unspecified atom stereocenters. The Morgan fingerprint density at radius 3 is 3.08 bits per heavy atom. The Kier molecular flexibility index (Phi) is 1.77. The van der Waals surface area contributed by atoms with E-state index in [2.05, 4.69) is 26.1 Å². The van der Waals surface area contributed by atoms with Crippen LogP contribution in [0.2, 0.25) is 0 Å². The Morgan fingerprint density at radius 2 is 2.33 bits per heavy atom.